The molecule has 15 nitrogen and oxygen atoms in total. The van der Waals surface area contributed by atoms with Gasteiger partial charge in [-0.2, -0.15) is 13.0 Å². The maximum atomic E-state index is 11.9. The van der Waals surface area contributed by atoms with E-state index < -0.39 is 72.6 Å². The van der Waals surface area contributed by atoms with E-state index in [1.807, 2.05) is 37.2 Å². The Morgan fingerprint density at radius 3 is 1.97 bits per heavy atom. The van der Waals surface area contributed by atoms with Crippen LogP contribution in [0.2, 0.25) is 0 Å². The Hall–Kier alpha value is -1.40. The summed E-state index contributed by atoms with van der Waals surface area (Å²) < 4.78 is 145. The number of ether oxygens (including phenoxy) is 1. The molecule has 306 valence electrons. The van der Waals surface area contributed by atoms with Gasteiger partial charge in [-0.3, -0.25) is 4.55 Å². The summed E-state index contributed by atoms with van der Waals surface area (Å²) in [6.07, 6.45) is 7.82. The molecule has 0 spiro atoms. The molecule has 22 heteroatoms. The summed E-state index contributed by atoms with van der Waals surface area (Å²) >= 11 is 6.84. The van der Waals surface area contributed by atoms with E-state index in [9.17, 15) is 51.9 Å². The molecule has 0 aromatic heterocycles. The van der Waals surface area contributed by atoms with Gasteiger partial charge in [-0.15, -0.1) is 0 Å². The summed E-state index contributed by atoms with van der Waals surface area (Å²) in [5.74, 6) is -0.677. The molecule has 0 fully saturated rings. The average molecular weight is 919 g/mol. The van der Waals surface area contributed by atoms with E-state index in [4.69, 9.17) is 16.3 Å². The molecule has 1 N–H and O–H groups in total. The summed E-state index contributed by atoms with van der Waals surface area (Å²) in [5, 5.41) is 0.270. The molecule has 0 atom stereocenters. The molecule has 0 aliphatic carbocycles. The smallest absolute Gasteiger partial charge is 0.748 e. The average Bonchev–Trinajstić information content (AvgIpc) is 3.60. The number of benzene rings is 2. The fourth-order valence-electron chi connectivity index (χ4n) is 7.22. The molecule has 0 unspecified atom stereocenters. The molecule has 0 saturated carbocycles. The van der Waals surface area contributed by atoms with Crippen LogP contribution in [0, 0.1) is 0 Å². The van der Waals surface area contributed by atoms with Crippen molar-refractivity contribution in [2.45, 2.75) is 74.0 Å². The second kappa shape index (κ2) is 18.9. The van der Waals surface area contributed by atoms with Crippen molar-refractivity contribution in [1.29, 1.82) is 0 Å². The van der Waals surface area contributed by atoms with E-state index in [-0.39, 0.29) is 90.1 Å². The predicted molar refractivity (Wildman–Crippen MR) is 206 cm³/mol. The van der Waals surface area contributed by atoms with Gasteiger partial charge in [0.2, 0.25) is 5.69 Å². The van der Waals surface area contributed by atoms with Crippen molar-refractivity contribution in [2.75, 3.05) is 36.1 Å². The quantitative estimate of drug-likeness (QED) is 0.0928. The van der Waals surface area contributed by atoms with E-state index in [0.717, 1.165) is 0 Å². The molecule has 2 aromatic carbocycles. The zero-order chi connectivity index (χ0) is 41.6. The molecule has 0 amide bonds. The van der Waals surface area contributed by atoms with Crippen LogP contribution in [0.5, 0.6) is 0 Å². The summed E-state index contributed by atoms with van der Waals surface area (Å²) in [4.78, 5) is 1.07. The molecule has 2 aromatic rings. The van der Waals surface area contributed by atoms with E-state index >= 15 is 0 Å². The Morgan fingerprint density at radius 2 is 1.38 bits per heavy atom. The van der Waals surface area contributed by atoms with Gasteiger partial charge in [0.25, 0.3) is 10.1 Å². The Morgan fingerprint density at radius 1 is 0.793 bits per heavy atom. The fraction of sp³-hybridized carbons (Fsp3) is 0.417. The number of anilines is 1. The van der Waals surface area contributed by atoms with Crippen molar-refractivity contribution in [1.82, 2.24) is 0 Å². The van der Waals surface area contributed by atoms with E-state index in [1.54, 1.807) is 24.3 Å². The minimum atomic E-state index is -4.77. The maximum Gasteiger partial charge on any atom is 1.00 e. The first kappa shape index (κ1) is 51.0. The number of fused-ring (bicyclic) bond motifs is 2. The largest absolute Gasteiger partial charge is 1.00 e. The Kier molecular flexibility index (Phi) is 16.6. The molecule has 0 bridgehead atoms. The topological polar surface area (TPSA) is 241 Å². The Balaban J connectivity index is 0.00000450. The van der Waals surface area contributed by atoms with Gasteiger partial charge in [0.1, 0.15) is 39.1 Å². The Labute approximate surface area is 389 Å². The normalized spacial score (nSPS) is 19.1. The van der Waals surface area contributed by atoms with Crippen molar-refractivity contribution in [2.24, 2.45) is 0 Å². The van der Waals surface area contributed by atoms with Gasteiger partial charge in [0, 0.05) is 58.8 Å². The minimum absolute atomic E-state index is 0. The molecule has 3 aliphatic rings. The van der Waals surface area contributed by atoms with Crippen LogP contribution < -0.4 is 64.0 Å². The number of unbranched alkanes of at least 4 members (excludes halogenated alkanes) is 2. The molecular weight excluding hydrogens is 878 g/mol. The minimum Gasteiger partial charge on any atom is -0.748 e. The second-order valence-corrected chi connectivity index (χ2v) is 20.9. The van der Waals surface area contributed by atoms with Gasteiger partial charge in [0.15, 0.2) is 5.71 Å². The van der Waals surface area contributed by atoms with Gasteiger partial charge in [-0.25, -0.2) is 25.3 Å². The third-order valence-corrected chi connectivity index (χ3v) is 13.8. The first-order valence-corrected chi connectivity index (χ1v) is 23.7. The monoisotopic (exact) mass is 918 g/mol. The van der Waals surface area contributed by atoms with E-state index in [1.165, 1.54) is 36.4 Å². The van der Waals surface area contributed by atoms with Crippen LogP contribution in [-0.2, 0) is 56.0 Å². The van der Waals surface area contributed by atoms with Gasteiger partial charge in [-0.1, -0.05) is 25.4 Å². The van der Waals surface area contributed by atoms with Crippen LogP contribution in [0.15, 0.2) is 92.6 Å². The second-order valence-electron chi connectivity index (χ2n) is 14.7. The SMILES string of the molecule is CC1(C)C(/C=C/C2=C(Cl)C(=C/C=C3\N(CCCCS(=O)(=O)[O-])c4ccc(S(=O)(=O)[O-])cc4C3(C)C)/OC2)=[N+](CCCCS(=O)(=O)O)c2ccc(S(=O)(=O)[O-])cc21.[Na+].[Na+]. The van der Waals surface area contributed by atoms with Crippen LogP contribution in [0.3, 0.4) is 0 Å². The van der Waals surface area contributed by atoms with E-state index in [0.29, 0.717) is 64.6 Å². The molecule has 3 heterocycles. The van der Waals surface area contributed by atoms with Gasteiger partial charge in [0.05, 0.1) is 36.1 Å². The van der Waals surface area contributed by atoms with Gasteiger partial charge >= 0.3 is 59.1 Å². The van der Waals surface area contributed by atoms with Crippen LogP contribution >= 0.6 is 11.6 Å². The van der Waals surface area contributed by atoms with Crippen LogP contribution in [0.25, 0.3) is 0 Å². The zero-order valence-electron chi connectivity index (χ0n) is 32.9. The summed E-state index contributed by atoms with van der Waals surface area (Å²) in [6.45, 7) is 8.03. The molecule has 5 rings (SSSR count). The van der Waals surface area contributed by atoms with Crippen LogP contribution in [0.4, 0.5) is 11.4 Å². The summed E-state index contributed by atoms with van der Waals surface area (Å²) in [6, 6.07) is 8.13. The molecule has 58 heavy (non-hydrogen) atoms. The standard InChI is InChI=1S/C36H43ClN2O13S4.2Na/c1-35(2)27-21-25(55(46,47)48)10-12-29(27)38(17-5-7-19-53(40,41)42)32(35)15-9-24-23-52-31(34(24)37)14-16-33-36(3,4)28-22-26(56(49,50)51)11-13-30(28)39(33)18-6-8-20-54(43,44)45;;/h9-16,21-22H,5-8,17-20,23H2,1-4H3,(H3-,40,41,42,43,44,45,46,47,48,49,50,51);;/q;2*+1/p-2. The number of nitrogens with zero attached hydrogens (tertiary/aromatic N) is 2. The number of rotatable bonds is 15. The van der Waals surface area contributed by atoms with Gasteiger partial charge < -0.3 is 23.3 Å². The van der Waals surface area contributed by atoms with Crippen molar-refractivity contribution in [3.8, 4) is 0 Å². The summed E-state index contributed by atoms with van der Waals surface area (Å²) in [5.41, 5.74) is 2.63. The number of allylic oxidation sites excluding steroid dienone is 5. The first-order valence-electron chi connectivity index (χ1n) is 17.4. The number of halogens is 1. The van der Waals surface area contributed by atoms with Crippen molar-refractivity contribution in [3.05, 3.63) is 93.9 Å². The molecule has 0 saturated heterocycles. The number of hydrogen-bond donors (Lipinski definition) is 1. The molecule has 0 radical (unpaired) electrons. The fourth-order valence-corrected chi connectivity index (χ4v) is 9.58. The van der Waals surface area contributed by atoms with Crippen molar-refractivity contribution in [3.63, 3.8) is 0 Å². The van der Waals surface area contributed by atoms with Crippen LogP contribution in [0.1, 0.15) is 64.5 Å². The first-order chi connectivity index (χ1) is 25.7. The third-order valence-electron chi connectivity index (χ3n) is 10.1. The van der Waals surface area contributed by atoms with Crippen molar-refractivity contribution >= 4 is 69.2 Å². The third kappa shape index (κ3) is 11.7. The maximum absolute atomic E-state index is 11.9. The summed E-state index contributed by atoms with van der Waals surface area (Å²) in [7, 11) is -18.1. The number of hydrogen-bond acceptors (Lipinski definition) is 13. The van der Waals surface area contributed by atoms with E-state index in [2.05, 4.69) is 0 Å². The molecular formula is C36H41ClN2Na2O13S4. The molecule has 3 aliphatic heterocycles. The predicted octanol–water partition coefficient (Wildman–Crippen LogP) is -1.48. The van der Waals surface area contributed by atoms with Crippen LogP contribution in [-0.4, -0.2) is 93.4 Å². The zero-order valence-corrected chi connectivity index (χ0v) is 40.9. The van der Waals surface area contributed by atoms with Gasteiger partial charge in [-0.05, 0) is 87.2 Å². The van der Waals surface area contributed by atoms with Crippen molar-refractivity contribution < 1.29 is 120 Å². The Bertz CT molecular complexity index is 2570.